The van der Waals surface area contributed by atoms with Crippen molar-refractivity contribution < 1.29 is 13.6 Å². The second kappa shape index (κ2) is 8.08. The van der Waals surface area contributed by atoms with Gasteiger partial charge >= 0.3 is 0 Å². The second-order valence-electron chi connectivity index (χ2n) is 6.21. The van der Waals surface area contributed by atoms with Gasteiger partial charge in [0.15, 0.2) is 0 Å². The molecule has 1 aliphatic carbocycles. The van der Waals surface area contributed by atoms with Gasteiger partial charge in [-0.25, -0.2) is 8.78 Å². The van der Waals surface area contributed by atoms with Gasteiger partial charge in [-0.1, -0.05) is 24.3 Å². The largest absolute Gasteiger partial charge is 0.364 e. The predicted molar refractivity (Wildman–Crippen MR) is 99.5 cm³/mol. The minimum absolute atomic E-state index is 0.338. The van der Waals surface area contributed by atoms with Gasteiger partial charge in [0.25, 0.3) is 6.43 Å². The van der Waals surface area contributed by atoms with Crippen molar-refractivity contribution in [2.24, 2.45) is 4.99 Å². The average Bonchev–Trinajstić information content (AvgIpc) is 3.49. The van der Waals surface area contributed by atoms with E-state index in [0.29, 0.717) is 28.7 Å². The highest BCUT2D eigenvalue weighted by molar-refractivity contribution is 6.06. The number of anilines is 2. The van der Waals surface area contributed by atoms with Gasteiger partial charge < -0.3 is 5.32 Å². The van der Waals surface area contributed by atoms with Gasteiger partial charge in [-0.3, -0.25) is 14.7 Å². The number of aliphatic imine (C=N–C) groups is 1. The van der Waals surface area contributed by atoms with Crippen LogP contribution in [0.25, 0.3) is 0 Å². The minimum atomic E-state index is -2.49. The SMILES string of the molecule is C/N=C(/NCC(F)F)c1ccc(C2CC2)cc1N(C=O)c1ccccc1. The van der Waals surface area contributed by atoms with Crippen molar-refractivity contribution in [3.8, 4) is 0 Å². The number of halogens is 2. The van der Waals surface area contributed by atoms with E-state index in [0.717, 1.165) is 24.8 Å². The number of hydrogen-bond donors (Lipinski definition) is 1. The summed E-state index contributed by atoms with van der Waals surface area (Å²) in [6.45, 7) is -0.497. The van der Waals surface area contributed by atoms with Crippen molar-refractivity contribution in [1.82, 2.24) is 5.32 Å². The van der Waals surface area contributed by atoms with Crippen LogP contribution in [0.1, 0.15) is 29.9 Å². The van der Waals surface area contributed by atoms with Gasteiger partial charge in [-0.05, 0) is 48.6 Å². The third-order valence-electron chi connectivity index (χ3n) is 4.37. The molecular weight excluding hydrogens is 336 g/mol. The lowest BCUT2D eigenvalue weighted by atomic mass is 10.0. The first-order valence-electron chi connectivity index (χ1n) is 8.56. The Morgan fingerprint density at radius 2 is 2.00 bits per heavy atom. The van der Waals surface area contributed by atoms with Crippen LogP contribution in [0.4, 0.5) is 20.2 Å². The zero-order valence-electron chi connectivity index (χ0n) is 14.5. The first kappa shape index (κ1) is 18.0. The Morgan fingerprint density at radius 3 is 2.58 bits per heavy atom. The van der Waals surface area contributed by atoms with E-state index < -0.39 is 13.0 Å². The smallest absolute Gasteiger partial charge is 0.255 e. The number of benzene rings is 2. The number of rotatable bonds is 7. The number of hydrogen-bond acceptors (Lipinski definition) is 2. The van der Waals surface area contributed by atoms with Crippen LogP contribution >= 0.6 is 0 Å². The maximum atomic E-state index is 12.6. The fraction of sp³-hybridized carbons (Fsp3) is 0.300. The second-order valence-corrected chi connectivity index (χ2v) is 6.21. The molecule has 0 heterocycles. The van der Waals surface area contributed by atoms with Gasteiger partial charge in [0.2, 0.25) is 6.41 Å². The normalized spacial score (nSPS) is 14.4. The molecule has 6 heteroatoms. The van der Waals surface area contributed by atoms with Crippen molar-refractivity contribution in [2.75, 3.05) is 18.5 Å². The highest BCUT2D eigenvalue weighted by Gasteiger charge is 2.26. The van der Waals surface area contributed by atoms with E-state index in [1.165, 1.54) is 4.90 Å². The van der Waals surface area contributed by atoms with E-state index in [4.69, 9.17) is 0 Å². The average molecular weight is 357 g/mol. The number of alkyl halides is 2. The highest BCUT2D eigenvalue weighted by atomic mass is 19.3. The fourth-order valence-corrected chi connectivity index (χ4v) is 2.93. The molecule has 0 saturated heterocycles. The van der Waals surface area contributed by atoms with Gasteiger partial charge in [0.1, 0.15) is 5.84 Å². The molecular formula is C20H21F2N3O. The van der Waals surface area contributed by atoms with Crippen molar-refractivity contribution in [2.45, 2.75) is 25.2 Å². The summed E-state index contributed by atoms with van der Waals surface area (Å²) >= 11 is 0. The summed E-state index contributed by atoms with van der Waals surface area (Å²) in [5.41, 5.74) is 3.11. The van der Waals surface area contributed by atoms with E-state index in [2.05, 4.69) is 10.3 Å². The number of carbonyl (C=O) groups excluding carboxylic acids is 1. The zero-order chi connectivity index (χ0) is 18.5. The van der Waals surface area contributed by atoms with E-state index >= 15 is 0 Å². The zero-order valence-corrected chi connectivity index (χ0v) is 14.5. The number of amidine groups is 1. The number of nitrogens with zero attached hydrogens (tertiary/aromatic N) is 2. The molecule has 0 atom stereocenters. The standard InChI is InChI=1S/C20H21F2N3O/c1-23-20(24-12-19(21)22)17-10-9-15(14-7-8-14)11-18(17)25(13-26)16-5-3-2-4-6-16/h2-6,9-11,13-14,19H,7-8,12H2,1H3,(H,23,24). The Hall–Kier alpha value is -2.76. The Morgan fingerprint density at radius 1 is 1.27 bits per heavy atom. The molecule has 2 aromatic carbocycles. The fourth-order valence-electron chi connectivity index (χ4n) is 2.93. The molecule has 4 nitrogen and oxygen atoms in total. The molecule has 1 aliphatic rings. The number of carbonyl (C=O) groups is 1. The molecule has 2 aromatic rings. The summed E-state index contributed by atoms with van der Waals surface area (Å²) in [5.74, 6) is 0.841. The summed E-state index contributed by atoms with van der Waals surface area (Å²) in [6.07, 6.45) is 0.510. The molecule has 1 saturated carbocycles. The summed E-state index contributed by atoms with van der Waals surface area (Å²) < 4.78 is 25.3. The molecule has 0 bridgehead atoms. The van der Waals surface area contributed by atoms with Gasteiger partial charge in [-0.2, -0.15) is 0 Å². The Balaban J connectivity index is 2.04. The van der Waals surface area contributed by atoms with Crippen LogP contribution in [0.5, 0.6) is 0 Å². The summed E-state index contributed by atoms with van der Waals surface area (Å²) in [5, 5.41) is 2.68. The number of para-hydroxylation sites is 1. The van der Waals surface area contributed by atoms with E-state index in [-0.39, 0.29) is 0 Å². The monoisotopic (exact) mass is 357 g/mol. The van der Waals surface area contributed by atoms with Crippen LogP contribution in [-0.4, -0.2) is 32.3 Å². The summed E-state index contributed by atoms with van der Waals surface area (Å²) in [4.78, 5) is 17.5. The molecule has 3 rings (SSSR count). The quantitative estimate of drug-likeness (QED) is 0.461. The first-order valence-corrected chi connectivity index (χ1v) is 8.56. The third kappa shape index (κ3) is 4.07. The molecule has 0 radical (unpaired) electrons. The first-order chi connectivity index (χ1) is 12.6. The van der Waals surface area contributed by atoms with Crippen molar-refractivity contribution in [3.63, 3.8) is 0 Å². The van der Waals surface area contributed by atoms with Gasteiger partial charge in [0, 0.05) is 18.3 Å². The molecule has 1 N–H and O–H groups in total. The van der Waals surface area contributed by atoms with Crippen LogP contribution < -0.4 is 10.2 Å². The molecule has 1 amide bonds. The third-order valence-corrected chi connectivity index (χ3v) is 4.37. The van der Waals surface area contributed by atoms with Crippen molar-refractivity contribution in [3.05, 3.63) is 59.7 Å². The lowest BCUT2D eigenvalue weighted by Gasteiger charge is -2.23. The highest BCUT2D eigenvalue weighted by Crippen LogP contribution is 2.42. The van der Waals surface area contributed by atoms with Crippen LogP contribution in [0.15, 0.2) is 53.5 Å². The van der Waals surface area contributed by atoms with Crippen LogP contribution in [-0.2, 0) is 4.79 Å². The molecule has 0 aromatic heterocycles. The van der Waals surface area contributed by atoms with Crippen molar-refractivity contribution in [1.29, 1.82) is 0 Å². The molecule has 26 heavy (non-hydrogen) atoms. The summed E-state index contributed by atoms with van der Waals surface area (Å²) in [6, 6.07) is 15.0. The Labute approximate surface area is 151 Å². The lowest BCUT2D eigenvalue weighted by molar-refractivity contribution is -0.106. The topological polar surface area (TPSA) is 44.7 Å². The molecule has 0 unspecified atom stereocenters. The van der Waals surface area contributed by atoms with Crippen molar-refractivity contribution >= 4 is 23.6 Å². The van der Waals surface area contributed by atoms with Gasteiger partial charge in [0.05, 0.1) is 12.2 Å². The van der Waals surface area contributed by atoms with Crippen LogP contribution in [0, 0.1) is 0 Å². The molecule has 1 fully saturated rings. The minimum Gasteiger partial charge on any atom is -0.364 e. The molecule has 0 spiro atoms. The van der Waals surface area contributed by atoms with E-state index in [1.54, 1.807) is 7.05 Å². The van der Waals surface area contributed by atoms with Crippen LogP contribution in [0.2, 0.25) is 0 Å². The molecule has 0 aliphatic heterocycles. The Kier molecular flexibility index (Phi) is 5.61. The van der Waals surface area contributed by atoms with Crippen LogP contribution in [0.3, 0.4) is 0 Å². The van der Waals surface area contributed by atoms with Gasteiger partial charge in [-0.15, -0.1) is 0 Å². The Bertz CT molecular complexity index is 789. The van der Waals surface area contributed by atoms with E-state index in [1.807, 2.05) is 48.5 Å². The molecule has 136 valence electrons. The lowest BCUT2D eigenvalue weighted by Crippen LogP contribution is -2.31. The summed E-state index contributed by atoms with van der Waals surface area (Å²) in [7, 11) is 1.54. The maximum absolute atomic E-state index is 12.6. The number of amides is 1. The van der Waals surface area contributed by atoms with E-state index in [9.17, 15) is 13.6 Å². The number of nitrogens with one attached hydrogen (secondary N) is 1. The maximum Gasteiger partial charge on any atom is 0.255 e. The predicted octanol–water partition coefficient (Wildman–Crippen LogP) is 4.09.